The summed E-state index contributed by atoms with van der Waals surface area (Å²) in [5.41, 5.74) is 0. The van der Waals surface area contributed by atoms with Crippen LogP contribution in [0.1, 0.15) is 386 Å². The summed E-state index contributed by atoms with van der Waals surface area (Å²) >= 11 is 0. The second-order valence-corrected chi connectivity index (χ2v) is 32.1. The standard InChI is InChI=1S/C88H165NO18/c1-3-5-7-9-11-13-15-17-19-21-23-25-27-29-31-33-34-35-36-37-38-40-42-44-46-48-50-52-54-56-58-60-62-64-66-76(94)89-71(72(93)65-63-61-59-57-55-53-51-49-47-45-43-41-39-32-30-28-26-24-22-20-18-16-14-12-10-8-6-4-2)70-102-86-82(100)79(97)84(74(68-91)104-86)107-88-83(101)80(98)85(75(69-92)105-88)106-87-81(99)78(96)77(95)73(67-90)103-87/h47,49,55,57,63,65,71-75,77-88,90-93,95-101H,3-46,48,50-54,56,58-62,64,66-70H2,1-2H3,(H,89,94)/b49-47+,57-55+,65-63+. The summed E-state index contributed by atoms with van der Waals surface area (Å²) in [4.78, 5) is 13.5. The molecule has 0 radical (unpaired) electrons. The van der Waals surface area contributed by atoms with Crippen LogP contribution in [0, 0.1) is 0 Å². The van der Waals surface area contributed by atoms with Crippen molar-refractivity contribution in [2.45, 2.75) is 491 Å². The summed E-state index contributed by atoms with van der Waals surface area (Å²) in [7, 11) is 0. The predicted molar refractivity (Wildman–Crippen MR) is 429 cm³/mol. The molecule has 17 atom stereocenters. The van der Waals surface area contributed by atoms with Crippen LogP contribution in [0.15, 0.2) is 36.5 Å². The molecule has 0 aromatic rings. The molecule has 3 aliphatic rings. The third-order valence-electron chi connectivity index (χ3n) is 22.4. The molecule has 3 saturated heterocycles. The Kier molecular flexibility index (Phi) is 63.4. The molecule has 0 spiro atoms. The highest BCUT2D eigenvalue weighted by Gasteiger charge is 2.54. The van der Waals surface area contributed by atoms with Crippen molar-refractivity contribution in [3.05, 3.63) is 36.5 Å². The number of unbranched alkanes of at least 4 members (excludes halogenated alkanes) is 53. The van der Waals surface area contributed by atoms with Crippen LogP contribution in [-0.4, -0.2) is 193 Å². The van der Waals surface area contributed by atoms with Gasteiger partial charge in [-0.25, -0.2) is 0 Å². The molecule has 107 heavy (non-hydrogen) atoms. The summed E-state index contributed by atoms with van der Waals surface area (Å²) in [6, 6.07) is -0.997. The minimum absolute atomic E-state index is 0.237. The van der Waals surface area contributed by atoms with Gasteiger partial charge in [0.05, 0.1) is 38.6 Å². The average molecular weight is 1530 g/mol. The SMILES string of the molecule is CCCCCCCCCCCCCCCCCCCC/C=C/CC/C=C/CC/C=C/C(O)C(COC1OC(CO)C(OC2OC(CO)C(OC3OC(CO)C(O)C(O)C3O)C(O)C2O)C(O)C1O)NC(=O)CCCCCCCCCCCCCCCCCCCCCCCCCCCCCCCCCCCC. The third-order valence-corrected chi connectivity index (χ3v) is 22.4. The molecule has 0 bridgehead atoms. The highest BCUT2D eigenvalue weighted by Crippen LogP contribution is 2.34. The Morgan fingerprint density at radius 1 is 0.327 bits per heavy atom. The second-order valence-electron chi connectivity index (χ2n) is 32.1. The fourth-order valence-corrected chi connectivity index (χ4v) is 15.3. The molecule has 0 aromatic carbocycles. The van der Waals surface area contributed by atoms with Crippen molar-refractivity contribution < 1.29 is 89.4 Å². The molecular weight excluding hydrogens is 1360 g/mol. The van der Waals surface area contributed by atoms with Crippen molar-refractivity contribution in [2.24, 2.45) is 0 Å². The van der Waals surface area contributed by atoms with Crippen molar-refractivity contribution in [3.8, 4) is 0 Å². The molecule has 3 aliphatic heterocycles. The molecule has 0 saturated carbocycles. The van der Waals surface area contributed by atoms with E-state index in [0.29, 0.717) is 12.8 Å². The van der Waals surface area contributed by atoms with Crippen molar-refractivity contribution in [3.63, 3.8) is 0 Å². The van der Waals surface area contributed by atoms with Gasteiger partial charge in [0.2, 0.25) is 5.91 Å². The molecule has 630 valence electrons. The van der Waals surface area contributed by atoms with Crippen LogP contribution in [0.3, 0.4) is 0 Å². The van der Waals surface area contributed by atoms with E-state index in [0.717, 1.165) is 44.9 Å². The number of aliphatic hydroxyl groups excluding tert-OH is 11. The van der Waals surface area contributed by atoms with E-state index in [4.69, 9.17) is 28.4 Å². The predicted octanol–water partition coefficient (Wildman–Crippen LogP) is 16.6. The molecule has 12 N–H and O–H groups in total. The number of hydrogen-bond donors (Lipinski definition) is 12. The number of carbonyl (C=O) groups excluding carboxylic acids is 1. The molecular formula is C88H165NO18. The fourth-order valence-electron chi connectivity index (χ4n) is 15.3. The first kappa shape index (κ1) is 99.2. The molecule has 3 fully saturated rings. The lowest BCUT2D eigenvalue weighted by Gasteiger charge is -2.48. The summed E-state index contributed by atoms with van der Waals surface area (Å²) in [6.07, 6.45) is 60.3. The number of ether oxygens (including phenoxy) is 6. The van der Waals surface area contributed by atoms with Gasteiger partial charge in [0, 0.05) is 6.42 Å². The van der Waals surface area contributed by atoms with Crippen LogP contribution < -0.4 is 5.32 Å². The second kappa shape index (κ2) is 68.4. The maximum absolute atomic E-state index is 13.5. The number of amides is 1. The van der Waals surface area contributed by atoms with Gasteiger partial charge in [-0.15, -0.1) is 0 Å². The Hall–Kier alpha value is -1.99. The van der Waals surface area contributed by atoms with Crippen molar-refractivity contribution in [1.82, 2.24) is 5.32 Å². The Morgan fingerprint density at radius 2 is 0.598 bits per heavy atom. The highest BCUT2D eigenvalue weighted by atomic mass is 16.8. The minimum atomic E-state index is -1.98. The molecule has 1 amide bonds. The van der Waals surface area contributed by atoms with Crippen molar-refractivity contribution in [1.29, 1.82) is 0 Å². The lowest BCUT2D eigenvalue weighted by molar-refractivity contribution is -0.379. The normalized spacial score (nSPS) is 25.6. The van der Waals surface area contributed by atoms with Crippen LogP contribution in [0.2, 0.25) is 0 Å². The van der Waals surface area contributed by atoms with Crippen LogP contribution in [0.25, 0.3) is 0 Å². The molecule has 0 aliphatic carbocycles. The lowest BCUT2D eigenvalue weighted by Crippen LogP contribution is -2.66. The van der Waals surface area contributed by atoms with E-state index < -0.39 is 124 Å². The van der Waals surface area contributed by atoms with Crippen molar-refractivity contribution in [2.75, 3.05) is 26.4 Å². The van der Waals surface area contributed by atoms with Gasteiger partial charge in [0.15, 0.2) is 18.9 Å². The maximum atomic E-state index is 13.5. The van der Waals surface area contributed by atoms with Gasteiger partial charge in [0.25, 0.3) is 0 Å². The summed E-state index contributed by atoms with van der Waals surface area (Å²) in [5, 5.41) is 121. The van der Waals surface area contributed by atoms with Gasteiger partial charge in [-0.2, -0.15) is 0 Å². The fraction of sp³-hybridized carbons (Fsp3) is 0.920. The van der Waals surface area contributed by atoms with Gasteiger partial charge >= 0.3 is 0 Å². The molecule has 19 nitrogen and oxygen atoms in total. The largest absolute Gasteiger partial charge is 0.394 e. The third kappa shape index (κ3) is 47.5. The van der Waals surface area contributed by atoms with Crippen LogP contribution in [0.5, 0.6) is 0 Å². The maximum Gasteiger partial charge on any atom is 0.220 e. The zero-order chi connectivity index (χ0) is 77.4. The number of aliphatic hydroxyl groups is 11. The first-order valence-corrected chi connectivity index (χ1v) is 44.7. The van der Waals surface area contributed by atoms with Gasteiger partial charge in [-0.3, -0.25) is 4.79 Å². The summed E-state index contributed by atoms with van der Waals surface area (Å²) in [5.74, 6) is -0.281. The van der Waals surface area contributed by atoms with E-state index in [1.807, 2.05) is 6.08 Å². The minimum Gasteiger partial charge on any atom is -0.394 e. The van der Waals surface area contributed by atoms with E-state index in [9.17, 15) is 61.0 Å². The quantitative estimate of drug-likeness (QED) is 0.0199. The van der Waals surface area contributed by atoms with Crippen LogP contribution in [-0.2, 0) is 33.2 Å². The van der Waals surface area contributed by atoms with Crippen LogP contribution >= 0.6 is 0 Å². The van der Waals surface area contributed by atoms with E-state index in [1.54, 1.807) is 6.08 Å². The zero-order valence-electron chi connectivity index (χ0n) is 67.9. The zero-order valence-corrected chi connectivity index (χ0v) is 67.9. The van der Waals surface area contributed by atoms with Gasteiger partial charge in [-0.05, 0) is 44.9 Å². The molecule has 3 heterocycles. The highest BCUT2D eigenvalue weighted by molar-refractivity contribution is 5.76. The molecule has 3 rings (SSSR count). The lowest BCUT2D eigenvalue weighted by atomic mass is 9.96. The molecule has 17 unspecified atom stereocenters. The van der Waals surface area contributed by atoms with Gasteiger partial charge in [0.1, 0.15) is 73.2 Å². The van der Waals surface area contributed by atoms with E-state index >= 15 is 0 Å². The Morgan fingerprint density at radius 3 is 0.935 bits per heavy atom. The first-order valence-electron chi connectivity index (χ1n) is 44.7. The molecule has 0 aromatic heterocycles. The Labute approximate surface area is 651 Å². The summed E-state index contributed by atoms with van der Waals surface area (Å²) in [6.45, 7) is 1.78. The van der Waals surface area contributed by atoms with E-state index in [-0.39, 0.29) is 18.9 Å². The number of nitrogens with one attached hydrogen (secondary N) is 1. The number of rotatable bonds is 73. The number of carbonyl (C=O) groups is 1. The number of hydrogen-bond acceptors (Lipinski definition) is 18. The number of allylic oxidation sites excluding steroid dienone is 5. The summed E-state index contributed by atoms with van der Waals surface area (Å²) < 4.78 is 34.5. The smallest absolute Gasteiger partial charge is 0.220 e. The Balaban J connectivity index is 1.34. The van der Waals surface area contributed by atoms with Crippen molar-refractivity contribution >= 4 is 5.91 Å². The van der Waals surface area contributed by atoms with E-state index in [2.05, 4.69) is 43.5 Å². The molecule has 19 heteroatoms. The van der Waals surface area contributed by atoms with Crippen LogP contribution in [0.4, 0.5) is 0 Å². The van der Waals surface area contributed by atoms with Gasteiger partial charge < -0.3 is 89.9 Å². The van der Waals surface area contributed by atoms with Gasteiger partial charge in [-0.1, -0.05) is 371 Å². The Bertz CT molecular complexity index is 2070. The monoisotopic (exact) mass is 1520 g/mol. The van der Waals surface area contributed by atoms with E-state index in [1.165, 1.54) is 308 Å². The average Bonchev–Trinajstić information content (AvgIpc) is 0.781. The topological polar surface area (TPSA) is 307 Å². The first-order chi connectivity index (χ1) is 52.3.